The molecule has 0 radical (unpaired) electrons. The number of hydrogen-bond acceptors (Lipinski definition) is 3. The first-order chi connectivity index (χ1) is 5.52. The molecule has 0 aromatic heterocycles. The van der Waals surface area contributed by atoms with E-state index in [0.717, 1.165) is 12.2 Å². The van der Waals surface area contributed by atoms with Crippen LogP contribution in [-0.4, -0.2) is 31.9 Å². The van der Waals surface area contributed by atoms with E-state index in [9.17, 15) is 8.42 Å². The van der Waals surface area contributed by atoms with Crippen LogP contribution in [0.25, 0.3) is 0 Å². The first-order valence-corrected chi connectivity index (χ1v) is 7.42. The van der Waals surface area contributed by atoms with Gasteiger partial charge in [0.1, 0.15) is 0 Å². The third-order valence-electron chi connectivity index (χ3n) is 1.83. The standard InChI is InChI=1S/C8H18O2S2/c1-4-8(2)7-12(9,10)6-5-11-3/h8H,4-7H2,1-3H3/t8-/m1/s1. The normalized spacial score (nSPS) is 14.6. The Bertz CT molecular complexity index is 197. The average molecular weight is 210 g/mol. The van der Waals surface area contributed by atoms with E-state index in [1.807, 2.05) is 20.1 Å². The predicted molar refractivity (Wildman–Crippen MR) is 56.5 cm³/mol. The largest absolute Gasteiger partial charge is 0.229 e. The van der Waals surface area contributed by atoms with Crippen LogP contribution >= 0.6 is 11.8 Å². The van der Waals surface area contributed by atoms with Gasteiger partial charge in [-0.1, -0.05) is 20.3 Å². The molecule has 0 bridgehead atoms. The molecule has 0 aliphatic carbocycles. The lowest BCUT2D eigenvalue weighted by molar-refractivity contribution is 0.565. The van der Waals surface area contributed by atoms with Crippen molar-refractivity contribution in [2.45, 2.75) is 20.3 Å². The third-order valence-corrected chi connectivity index (χ3v) is 4.61. The molecule has 0 aliphatic heterocycles. The van der Waals surface area contributed by atoms with Gasteiger partial charge in [-0.3, -0.25) is 0 Å². The number of thioether (sulfide) groups is 1. The molecule has 1 atom stereocenters. The van der Waals surface area contributed by atoms with Crippen molar-refractivity contribution in [1.82, 2.24) is 0 Å². The van der Waals surface area contributed by atoms with Crippen molar-refractivity contribution in [1.29, 1.82) is 0 Å². The Hall–Kier alpha value is 0.300. The Labute approximate surface area is 80.0 Å². The molecule has 0 heterocycles. The summed E-state index contributed by atoms with van der Waals surface area (Å²) in [4.78, 5) is 0. The van der Waals surface area contributed by atoms with Gasteiger partial charge in [-0.2, -0.15) is 11.8 Å². The van der Waals surface area contributed by atoms with Crippen LogP contribution in [-0.2, 0) is 9.84 Å². The zero-order chi connectivity index (χ0) is 9.61. The molecule has 0 aromatic carbocycles. The van der Waals surface area contributed by atoms with Gasteiger partial charge in [0.25, 0.3) is 0 Å². The summed E-state index contributed by atoms with van der Waals surface area (Å²) in [5, 5.41) is 0. The first kappa shape index (κ1) is 12.3. The summed E-state index contributed by atoms with van der Waals surface area (Å²) in [6, 6.07) is 0. The first-order valence-electron chi connectivity index (χ1n) is 4.21. The van der Waals surface area contributed by atoms with Gasteiger partial charge in [-0.15, -0.1) is 0 Å². The molecule has 0 aromatic rings. The maximum atomic E-state index is 11.3. The fourth-order valence-corrected chi connectivity index (χ4v) is 3.80. The smallest absolute Gasteiger partial charge is 0.151 e. The second-order valence-corrected chi connectivity index (χ2v) is 6.33. The van der Waals surface area contributed by atoms with Gasteiger partial charge in [0.2, 0.25) is 0 Å². The van der Waals surface area contributed by atoms with Crippen molar-refractivity contribution < 1.29 is 8.42 Å². The van der Waals surface area contributed by atoms with Crippen molar-refractivity contribution in [2.24, 2.45) is 5.92 Å². The Morgan fingerprint density at radius 2 is 2.00 bits per heavy atom. The van der Waals surface area contributed by atoms with E-state index in [1.54, 1.807) is 11.8 Å². The molecular weight excluding hydrogens is 192 g/mol. The van der Waals surface area contributed by atoms with Crippen molar-refractivity contribution in [3.05, 3.63) is 0 Å². The summed E-state index contributed by atoms with van der Waals surface area (Å²) in [7, 11) is -2.78. The molecule has 0 amide bonds. The highest BCUT2D eigenvalue weighted by atomic mass is 32.2. The van der Waals surface area contributed by atoms with Gasteiger partial charge >= 0.3 is 0 Å². The molecule has 12 heavy (non-hydrogen) atoms. The molecule has 0 fully saturated rings. The van der Waals surface area contributed by atoms with E-state index >= 15 is 0 Å². The van der Waals surface area contributed by atoms with Gasteiger partial charge in [0.05, 0.1) is 11.5 Å². The van der Waals surface area contributed by atoms with Crippen LogP contribution in [0.1, 0.15) is 20.3 Å². The minimum Gasteiger partial charge on any atom is -0.229 e. The summed E-state index contributed by atoms with van der Waals surface area (Å²) in [6.07, 6.45) is 2.87. The predicted octanol–water partition coefficient (Wildman–Crippen LogP) is 1.81. The van der Waals surface area contributed by atoms with Crippen LogP contribution in [0.3, 0.4) is 0 Å². The lowest BCUT2D eigenvalue weighted by Crippen LogP contribution is -2.17. The molecule has 0 saturated heterocycles. The average Bonchev–Trinajstić information content (AvgIpc) is 2.00. The molecular formula is C8H18O2S2. The van der Waals surface area contributed by atoms with E-state index in [1.165, 1.54) is 0 Å². The van der Waals surface area contributed by atoms with Crippen molar-refractivity contribution >= 4 is 21.6 Å². The monoisotopic (exact) mass is 210 g/mol. The van der Waals surface area contributed by atoms with Crippen molar-refractivity contribution in [3.63, 3.8) is 0 Å². The molecule has 0 rings (SSSR count). The third kappa shape index (κ3) is 5.89. The Kier molecular flexibility index (Phi) is 6.01. The van der Waals surface area contributed by atoms with Gasteiger partial charge in [-0.05, 0) is 12.2 Å². The molecule has 2 nitrogen and oxygen atoms in total. The van der Waals surface area contributed by atoms with E-state index < -0.39 is 9.84 Å². The van der Waals surface area contributed by atoms with Gasteiger partial charge in [0.15, 0.2) is 9.84 Å². The van der Waals surface area contributed by atoms with Gasteiger partial charge < -0.3 is 0 Å². The number of hydrogen-bond donors (Lipinski definition) is 0. The maximum absolute atomic E-state index is 11.3. The lowest BCUT2D eigenvalue weighted by Gasteiger charge is -2.08. The number of rotatable bonds is 6. The van der Waals surface area contributed by atoms with Crippen LogP contribution in [0.15, 0.2) is 0 Å². The SMILES string of the molecule is CC[C@@H](C)CS(=O)(=O)CCSC. The van der Waals surface area contributed by atoms with E-state index in [4.69, 9.17) is 0 Å². The van der Waals surface area contributed by atoms with Crippen LogP contribution in [0.5, 0.6) is 0 Å². The lowest BCUT2D eigenvalue weighted by atomic mass is 10.2. The zero-order valence-corrected chi connectivity index (χ0v) is 9.67. The van der Waals surface area contributed by atoms with Crippen LogP contribution in [0, 0.1) is 5.92 Å². The van der Waals surface area contributed by atoms with Crippen LogP contribution in [0.2, 0.25) is 0 Å². The van der Waals surface area contributed by atoms with Gasteiger partial charge in [-0.25, -0.2) is 8.42 Å². The highest BCUT2D eigenvalue weighted by Crippen LogP contribution is 2.07. The molecule has 4 heteroatoms. The molecule has 0 N–H and O–H groups in total. The van der Waals surface area contributed by atoms with Crippen LogP contribution in [0.4, 0.5) is 0 Å². The molecule has 74 valence electrons. The van der Waals surface area contributed by atoms with E-state index in [2.05, 4.69) is 0 Å². The minimum absolute atomic E-state index is 0.303. The highest BCUT2D eigenvalue weighted by Gasteiger charge is 2.13. The van der Waals surface area contributed by atoms with E-state index in [-0.39, 0.29) is 0 Å². The van der Waals surface area contributed by atoms with Crippen LogP contribution < -0.4 is 0 Å². The molecule has 0 unspecified atom stereocenters. The summed E-state index contributed by atoms with van der Waals surface area (Å²) in [6.45, 7) is 4.01. The Morgan fingerprint density at radius 3 is 2.42 bits per heavy atom. The maximum Gasteiger partial charge on any atom is 0.151 e. The second kappa shape index (κ2) is 5.86. The molecule has 0 saturated carbocycles. The fourth-order valence-electron chi connectivity index (χ4n) is 0.845. The molecule has 0 aliphatic rings. The zero-order valence-electron chi connectivity index (χ0n) is 8.04. The van der Waals surface area contributed by atoms with Crippen molar-refractivity contribution in [2.75, 3.05) is 23.5 Å². The van der Waals surface area contributed by atoms with Gasteiger partial charge in [0, 0.05) is 5.75 Å². The minimum atomic E-state index is -2.78. The molecule has 0 spiro atoms. The summed E-state index contributed by atoms with van der Waals surface area (Å²) in [5.74, 6) is 1.71. The van der Waals surface area contributed by atoms with Crippen molar-refractivity contribution in [3.8, 4) is 0 Å². The summed E-state index contributed by atoms with van der Waals surface area (Å²) in [5.41, 5.74) is 0. The topological polar surface area (TPSA) is 34.1 Å². The summed E-state index contributed by atoms with van der Waals surface area (Å²) < 4.78 is 22.7. The highest BCUT2D eigenvalue weighted by molar-refractivity contribution is 8.00. The summed E-state index contributed by atoms with van der Waals surface area (Å²) >= 11 is 1.58. The number of sulfone groups is 1. The quantitative estimate of drug-likeness (QED) is 0.670. The Balaban J connectivity index is 3.88. The Morgan fingerprint density at radius 1 is 1.42 bits per heavy atom. The van der Waals surface area contributed by atoms with E-state index in [0.29, 0.717) is 17.4 Å². The fraction of sp³-hybridized carbons (Fsp3) is 1.00. The second-order valence-electron chi connectivity index (χ2n) is 3.12.